The maximum absolute atomic E-state index is 13.0. The monoisotopic (exact) mass is 424 g/mol. The van der Waals surface area contributed by atoms with Gasteiger partial charge >= 0.3 is 5.69 Å². The van der Waals surface area contributed by atoms with Gasteiger partial charge in [0.1, 0.15) is 5.65 Å². The molecular formula is C20H17BrN4O2. The van der Waals surface area contributed by atoms with Crippen molar-refractivity contribution in [3.63, 3.8) is 0 Å². The molecule has 0 saturated heterocycles. The highest BCUT2D eigenvalue weighted by molar-refractivity contribution is 9.10. The van der Waals surface area contributed by atoms with Crippen molar-refractivity contribution in [2.45, 2.75) is 6.92 Å². The van der Waals surface area contributed by atoms with Crippen LogP contribution in [-0.2, 0) is 14.1 Å². The van der Waals surface area contributed by atoms with E-state index in [0.29, 0.717) is 17.0 Å². The largest absolute Gasteiger partial charge is 0.330 e. The summed E-state index contributed by atoms with van der Waals surface area (Å²) in [5.41, 5.74) is 3.37. The van der Waals surface area contributed by atoms with Gasteiger partial charge in [0.15, 0.2) is 0 Å². The van der Waals surface area contributed by atoms with Crippen molar-refractivity contribution >= 4 is 21.6 Å². The molecule has 0 fully saturated rings. The van der Waals surface area contributed by atoms with Crippen LogP contribution >= 0.6 is 15.9 Å². The van der Waals surface area contributed by atoms with E-state index >= 15 is 0 Å². The molecule has 0 unspecified atom stereocenters. The number of halogens is 1. The zero-order chi connectivity index (χ0) is 19.3. The standard InChI is InChI=1S/C20H17BrN4O2/c1-12-8-9-25-11-15(22-16(25)10-12)17-18(13-4-6-14(21)7-5-13)23(2)20(27)24(3)19(17)26/h4-11H,1-3H3. The van der Waals surface area contributed by atoms with Crippen LogP contribution < -0.4 is 11.2 Å². The summed E-state index contributed by atoms with van der Waals surface area (Å²) in [6.45, 7) is 1.99. The summed E-state index contributed by atoms with van der Waals surface area (Å²) >= 11 is 3.42. The van der Waals surface area contributed by atoms with Gasteiger partial charge in [-0.25, -0.2) is 9.78 Å². The fourth-order valence-electron chi connectivity index (χ4n) is 3.22. The molecule has 0 atom stereocenters. The number of aromatic nitrogens is 4. The molecule has 4 aromatic rings. The van der Waals surface area contributed by atoms with E-state index in [0.717, 1.165) is 25.8 Å². The van der Waals surface area contributed by atoms with Crippen LogP contribution in [0.4, 0.5) is 0 Å². The highest BCUT2D eigenvalue weighted by Gasteiger charge is 2.21. The summed E-state index contributed by atoms with van der Waals surface area (Å²) < 4.78 is 5.41. The summed E-state index contributed by atoms with van der Waals surface area (Å²) in [5, 5.41) is 0. The third-order valence-electron chi connectivity index (χ3n) is 4.65. The van der Waals surface area contributed by atoms with E-state index in [1.54, 1.807) is 7.05 Å². The number of imidazole rings is 1. The number of hydrogen-bond donors (Lipinski definition) is 0. The molecule has 0 amide bonds. The van der Waals surface area contributed by atoms with Crippen LogP contribution in [0.15, 0.2) is 62.9 Å². The molecule has 6 nitrogen and oxygen atoms in total. The van der Waals surface area contributed by atoms with Gasteiger partial charge in [-0.15, -0.1) is 0 Å². The Morgan fingerprint density at radius 3 is 2.41 bits per heavy atom. The average Bonchev–Trinajstić information content (AvgIpc) is 3.06. The first-order chi connectivity index (χ1) is 12.9. The van der Waals surface area contributed by atoms with Crippen LogP contribution in [0.25, 0.3) is 28.2 Å². The Bertz CT molecular complexity index is 1300. The Morgan fingerprint density at radius 1 is 1.00 bits per heavy atom. The Morgan fingerprint density at radius 2 is 1.70 bits per heavy atom. The minimum Gasteiger partial charge on any atom is -0.306 e. The van der Waals surface area contributed by atoms with Crippen molar-refractivity contribution in [2.75, 3.05) is 0 Å². The summed E-state index contributed by atoms with van der Waals surface area (Å²) in [4.78, 5) is 30.2. The van der Waals surface area contributed by atoms with E-state index < -0.39 is 0 Å². The van der Waals surface area contributed by atoms with Crippen LogP contribution in [0.3, 0.4) is 0 Å². The summed E-state index contributed by atoms with van der Waals surface area (Å²) in [5.74, 6) is 0. The van der Waals surface area contributed by atoms with Gasteiger partial charge in [-0.2, -0.15) is 0 Å². The third-order valence-corrected chi connectivity index (χ3v) is 5.18. The van der Waals surface area contributed by atoms with Gasteiger partial charge in [-0.1, -0.05) is 28.1 Å². The van der Waals surface area contributed by atoms with E-state index in [-0.39, 0.29) is 11.2 Å². The molecule has 7 heteroatoms. The van der Waals surface area contributed by atoms with E-state index in [9.17, 15) is 9.59 Å². The van der Waals surface area contributed by atoms with Gasteiger partial charge in [0.05, 0.1) is 17.0 Å². The molecule has 136 valence electrons. The van der Waals surface area contributed by atoms with Crippen molar-refractivity contribution in [1.82, 2.24) is 18.5 Å². The van der Waals surface area contributed by atoms with Crippen LogP contribution in [0.2, 0.25) is 0 Å². The number of fused-ring (bicyclic) bond motifs is 1. The summed E-state index contributed by atoms with van der Waals surface area (Å²) in [7, 11) is 3.15. The number of nitrogens with zero attached hydrogens (tertiary/aromatic N) is 4. The highest BCUT2D eigenvalue weighted by Crippen LogP contribution is 2.29. The summed E-state index contributed by atoms with van der Waals surface area (Å²) in [6.07, 6.45) is 3.73. The second-order valence-corrected chi connectivity index (χ2v) is 7.45. The molecule has 0 radical (unpaired) electrons. The minimum absolute atomic E-state index is 0.365. The number of pyridine rings is 1. The lowest BCUT2D eigenvalue weighted by atomic mass is 10.0. The van der Waals surface area contributed by atoms with Gasteiger partial charge in [0.25, 0.3) is 5.56 Å². The van der Waals surface area contributed by atoms with Crippen molar-refractivity contribution in [3.05, 3.63) is 79.7 Å². The zero-order valence-electron chi connectivity index (χ0n) is 15.1. The molecule has 3 heterocycles. The maximum Gasteiger partial charge on any atom is 0.330 e. The summed E-state index contributed by atoms with van der Waals surface area (Å²) in [6, 6.07) is 11.5. The molecule has 3 aromatic heterocycles. The molecular weight excluding hydrogens is 408 g/mol. The van der Waals surface area contributed by atoms with E-state index in [2.05, 4.69) is 20.9 Å². The van der Waals surface area contributed by atoms with Gasteiger partial charge in [0.2, 0.25) is 0 Å². The van der Waals surface area contributed by atoms with Crippen LogP contribution in [0.5, 0.6) is 0 Å². The zero-order valence-corrected chi connectivity index (χ0v) is 16.7. The number of hydrogen-bond acceptors (Lipinski definition) is 3. The first-order valence-electron chi connectivity index (χ1n) is 8.38. The van der Waals surface area contributed by atoms with Crippen LogP contribution in [0, 0.1) is 6.92 Å². The molecule has 0 aliphatic heterocycles. The molecule has 0 saturated carbocycles. The van der Waals surface area contributed by atoms with Gasteiger partial charge in [-0.3, -0.25) is 13.9 Å². The van der Waals surface area contributed by atoms with Gasteiger partial charge in [0, 0.05) is 31.0 Å². The average molecular weight is 425 g/mol. The van der Waals surface area contributed by atoms with Crippen molar-refractivity contribution in [2.24, 2.45) is 14.1 Å². The minimum atomic E-state index is -0.374. The van der Waals surface area contributed by atoms with E-state index in [4.69, 9.17) is 0 Å². The Kier molecular flexibility index (Phi) is 4.11. The fraction of sp³-hybridized carbons (Fsp3) is 0.150. The number of aryl methyl sites for hydroxylation is 1. The molecule has 0 spiro atoms. The first kappa shape index (κ1) is 17.5. The number of rotatable bonds is 2. The fourth-order valence-corrected chi connectivity index (χ4v) is 3.49. The number of benzene rings is 1. The lowest BCUT2D eigenvalue weighted by Gasteiger charge is -2.14. The predicted molar refractivity (Wildman–Crippen MR) is 109 cm³/mol. The second-order valence-electron chi connectivity index (χ2n) is 6.53. The Hall–Kier alpha value is -2.93. The lowest BCUT2D eigenvalue weighted by Crippen LogP contribution is -2.38. The molecule has 0 N–H and O–H groups in total. The molecule has 0 bridgehead atoms. The van der Waals surface area contributed by atoms with E-state index in [1.807, 2.05) is 60.1 Å². The highest BCUT2D eigenvalue weighted by atomic mass is 79.9. The van der Waals surface area contributed by atoms with Gasteiger partial charge in [-0.05, 0) is 42.3 Å². The quantitative estimate of drug-likeness (QED) is 0.496. The smallest absolute Gasteiger partial charge is 0.306 e. The van der Waals surface area contributed by atoms with Crippen molar-refractivity contribution < 1.29 is 0 Å². The SMILES string of the molecule is Cc1ccn2cc(-c3c(-c4ccc(Br)cc4)n(C)c(=O)n(C)c3=O)nc2c1. The Labute approximate surface area is 163 Å². The third kappa shape index (κ3) is 2.84. The van der Waals surface area contributed by atoms with Crippen molar-refractivity contribution in [1.29, 1.82) is 0 Å². The molecule has 4 rings (SSSR count). The molecule has 1 aromatic carbocycles. The first-order valence-corrected chi connectivity index (χ1v) is 9.18. The van der Waals surface area contributed by atoms with Crippen LogP contribution in [-0.4, -0.2) is 18.5 Å². The van der Waals surface area contributed by atoms with Gasteiger partial charge < -0.3 is 4.40 Å². The molecule has 27 heavy (non-hydrogen) atoms. The molecule has 0 aliphatic rings. The lowest BCUT2D eigenvalue weighted by molar-refractivity contribution is 0.694. The maximum atomic E-state index is 13.0. The topological polar surface area (TPSA) is 61.3 Å². The van der Waals surface area contributed by atoms with Crippen molar-refractivity contribution in [3.8, 4) is 22.5 Å². The normalized spacial score (nSPS) is 11.3. The van der Waals surface area contributed by atoms with E-state index in [1.165, 1.54) is 11.6 Å². The van der Waals surface area contributed by atoms with Crippen LogP contribution in [0.1, 0.15) is 5.56 Å². The second kappa shape index (κ2) is 6.35. The predicted octanol–water partition coefficient (Wildman–Crippen LogP) is 3.14. The Balaban J connectivity index is 2.10. The molecule has 0 aliphatic carbocycles.